The maximum atomic E-state index is 11.4. The highest BCUT2D eigenvalue weighted by Crippen LogP contribution is 2.39. The summed E-state index contributed by atoms with van der Waals surface area (Å²) < 4.78 is 23.7. The summed E-state index contributed by atoms with van der Waals surface area (Å²) in [7, 11) is -2.84. The van der Waals surface area contributed by atoms with E-state index in [1.54, 1.807) is 0 Å². The average molecular weight is 304 g/mol. The van der Waals surface area contributed by atoms with Crippen LogP contribution in [-0.4, -0.2) is 26.5 Å². The van der Waals surface area contributed by atoms with E-state index in [9.17, 15) is 8.42 Å². The molecule has 1 fully saturated rings. The molecule has 2 rings (SSSR count). The Hall–Kier alpha value is -0.390. The predicted octanol–water partition coefficient (Wildman–Crippen LogP) is 1.46. The van der Waals surface area contributed by atoms with Crippen LogP contribution in [0.2, 0.25) is 0 Å². The number of hydrogen-bond donors (Lipinski definition) is 1. The Morgan fingerprint density at radius 1 is 1.25 bits per heavy atom. The van der Waals surface area contributed by atoms with Crippen molar-refractivity contribution in [2.75, 3.05) is 18.1 Å². The molecule has 0 saturated carbocycles. The van der Waals surface area contributed by atoms with E-state index in [1.807, 2.05) is 24.3 Å². The summed E-state index contributed by atoms with van der Waals surface area (Å²) in [6.07, 6.45) is 0.730. The van der Waals surface area contributed by atoms with Gasteiger partial charge in [-0.15, -0.1) is 0 Å². The zero-order valence-electron chi connectivity index (χ0n) is 8.82. The minimum absolute atomic E-state index is 0.235. The molecule has 0 radical (unpaired) electrons. The van der Waals surface area contributed by atoms with Gasteiger partial charge in [0.1, 0.15) is 0 Å². The van der Waals surface area contributed by atoms with Gasteiger partial charge in [0.2, 0.25) is 0 Å². The molecular weight excluding hydrogens is 290 g/mol. The number of hydrogen-bond acceptors (Lipinski definition) is 3. The first-order valence-electron chi connectivity index (χ1n) is 5.14. The molecule has 1 aliphatic heterocycles. The highest BCUT2D eigenvalue weighted by atomic mass is 79.9. The highest BCUT2D eigenvalue weighted by Gasteiger charge is 2.48. The maximum Gasteiger partial charge on any atom is 0.152 e. The fourth-order valence-electron chi connectivity index (χ4n) is 2.33. The van der Waals surface area contributed by atoms with Crippen LogP contribution < -0.4 is 5.73 Å². The van der Waals surface area contributed by atoms with Crippen molar-refractivity contribution in [3.05, 3.63) is 34.3 Å². The van der Waals surface area contributed by atoms with Crippen LogP contribution in [0.5, 0.6) is 0 Å². The minimum Gasteiger partial charge on any atom is -0.330 e. The number of benzene rings is 1. The first-order chi connectivity index (χ1) is 7.47. The van der Waals surface area contributed by atoms with Crippen LogP contribution >= 0.6 is 15.9 Å². The van der Waals surface area contributed by atoms with Crippen molar-refractivity contribution in [1.29, 1.82) is 0 Å². The molecule has 0 spiro atoms. The molecule has 0 amide bonds. The first-order valence-corrected chi connectivity index (χ1v) is 7.75. The van der Waals surface area contributed by atoms with Crippen LogP contribution in [-0.2, 0) is 15.3 Å². The monoisotopic (exact) mass is 303 g/mol. The normalized spacial score (nSPS) is 21.4. The Balaban J connectivity index is 2.31. The van der Waals surface area contributed by atoms with Crippen molar-refractivity contribution < 1.29 is 8.42 Å². The van der Waals surface area contributed by atoms with Gasteiger partial charge in [-0.2, -0.15) is 0 Å². The largest absolute Gasteiger partial charge is 0.330 e. The molecule has 1 aromatic rings. The molecule has 1 saturated heterocycles. The van der Waals surface area contributed by atoms with Crippen LogP contribution in [0.4, 0.5) is 0 Å². The fourth-order valence-corrected chi connectivity index (χ4v) is 4.82. The van der Waals surface area contributed by atoms with Gasteiger partial charge in [0, 0.05) is 9.89 Å². The second kappa shape index (κ2) is 4.13. The highest BCUT2D eigenvalue weighted by molar-refractivity contribution is 9.10. The van der Waals surface area contributed by atoms with Gasteiger partial charge in [0.15, 0.2) is 9.84 Å². The lowest BCUT2D eigenvalue weighted by molar-refractivity contribution is 0.433. The Morgan fingerprint density at radius 2 is 1.81 bits per heavy atom. The van der Waals surface area contributed by atoms with E-state index in [4.69, 9.17) is 5.73 Å². The van der Waals surface area contributed by atoms with E-state index in [-0.39, 0.29) is 16.9 Å². The van der Waals surface area contributed by atoms with Crippen LogP contribution in [0.25, 0.3) is 0 Å². The number of sulfone groups is 1. The molecule has 2 N–H and O–H groups in total. The Bertz CT molecular complexity index is 469. The van der Waals surface area contributed by atoms with E-state index in [0.29, 0.717) is 6.54 Å². The third-order valence-corrected chi connectivity index (χ3v) is 5.59. The number of nitrogens with two attached hydrogens (primary N) is 1. The second-order valence-electron chi connectivity index (χ2n) is 4.36. The lowest BCUT2D eigenvalue weighted by atomic mass is 9.80. The van der Waals surface area contributed by atoms with E-state index in [1.165, 1.54) is 0 Å². The average Bonchev–Trinajstić information content (AvgIpc) is 2.16. The summed E-state index contributed by atoms with van der Waals surface area (Å²) in [6.45, 7) is 0.519. The van der Waals surface area contributed by atoms with Crippen LogP contribution in [0.1, 0.15) is 12.0 Å². The molecule has 16 heavy (non-hydrogen) atoms. The van der Waals surface area contributed by atoms with E-state index >= 15 is 0 Å². The Kier molecular flexibility index (Phi) is 3.11. The molecule has 0 atom stereocenters. The van der Waals surface area contributed by atoms with Gasteiger partial charge < -0.3 is 5.73 Å². The smallest absolute Gasteiger partial charge is 0.152 e. The summed E-state index contributed by atoms with van der Waals surface area (Å²) in [4.78, 5) is 0. The molecule has 0 aliphatic carbocycles. The topological polar surface area (TPSA) is 60.2 Å². The minimum atomic E-state index is -2.84. The standard InChI is InChI=1S/C11H14BrNO2S/c12-10-3-1-9(2-4-10)11(5-6-13)7-16(14,15)8-11/h1-4H,5-8,13H2. The third-order valence-electron chi connectivity index (χ3n) is 3.07. The lowest BCUT2D eigenvalue weighted by Crippen LogP contribution is -2.53. The summed E-state index contributed by atoms with van der Waals surface area (Å²) in [6, 6.07) is 7.85. The zero-order valence-corrected chi connectivity index (χ0v) is 11.2. The van der Waals surface area contributed by atoms with Gasteiger partial charge in [0.25, 0.3) is 0 Å². The predicted molar refractivity (Wildman–Crippen MR) is 68.1 cm³/mol. The van der Waals surface area contributed by atoms with E-state index in [0.717, 1.165) is 16.5 Å². The van der Waals surface area contributed by atoms with Crippen LogP contribution in [0.3, 0.4) is 0 Å². The molecule has 0 aromatic heterocycles. The van der Waals surface area contributed by atoms with Crippen molar-refractivity contribution >= 4 is 25.8 Å². The van der Waals surface area contributed by atoms with Crippen molar-refractivity contribution in [2.24, 2.45) is 5.73 Å². The molecule has 1 aromatic carbocycles. The molecule has 88 valence electrons. The summed E-state index contributed by atoms with van der Waals surface area (Å²) >= 11 is 3.37. The summed E-state index contributed by atoms with van der Waals surface area (Å²) in [5, 5.41) is 0. The van der Waals surface area contributed by atoms with Crippen LogP contribution in [0, 0.1) is 0 Å². The molecular formula is C11H14BrNO2S. The van der Waals surface area contributed by atoms with E-state index in [2.05, 4.69) is 15.9 Å². The molecule has 1 aliphatic rings. The molecule has 0 unspecified atom stereocenters. The summed E-state index contributed by atoms with van der Waals surface area (Å²) in [5.74, 6) is 0.470. The van der Waals surface area contributed by atoms with Gasteiger partial charge in [-0.05, 0) is 30.7 Å². The first kappa shape index (κ1) is 12.1. The van der Waals surface area contributed by atoms with Gasteiger partial charge in [-0.25, -0.2) is 8.42 Å². The van der Waals surface area contributed by atoms with Crippen molar-refractivity contribution in [3.63, 3.8) is 0 Å². The quantitative estimate of drug-likeness (QED) is 0.920. The van der Waals surface area contributed by atoms with Crippen LogP contribution in [0.15, 0.2) is 28.7 Å². The SMILES string of the molecule is NCCC1(c2ccc(Br)cc2)CS(=O)(=O)C1. The van der Waals surface area contributed by atoms with E-state index < -0.39 is 9.84 Å². The maximum absolute atomic E-state index is 11.4. The number of halogens is 1. The van der Waals surface area contributed by atoms with Gasteiger partial charge in [-0.1, -0.05) is 28.1 Å². The van der Waals surface area contributed by atoms with Crippen molar-refractivity contribution in [1.82, 2.24) is 0 Å². The van der Waals surface area contributed by atoms with Gasteiger partial charge >= 0.3 is 0 Å². The van der Waals surface area contributed by atoms with Gasteiger partial charge in [-0.3, -0.25) is 0 Å². The van der Waals surface area contributed by atoms with Crippen molar-refractivity contribution in [3.8, 4) is 0 Å². The summed E-state index contributed by atoms with van der Waals surface area (Å²) in [5.41, 5.74) is 6.41. The van der Waals surface area contributed by atoms with Gasteiger partial charge in [0.05, 0.1) is 11.5 Å². The second-order valence-corrected chi connectivity index (χ2v) is 7.34. The fraction of sp³-hybridized carbons (Fsp3) is 0.455. The molecule has 5 heteroatoms. The zero-order chi connectivity index (χ0) is 11.8. The third kappa shape index (κ3) is 2.17. The molecule has 1 heterocycles. The lowest BCUT2D eigenvalue weighted by Gasteiger charge is -2.41. The molecule has 3 nitrogen and oxygen atoms in total. The Morgan fingerprint density at radius 3 is 2.25 bits per heavy atom. The van der Waals surface area contributed by atoms with Crippen molar-refractivity contribution in [2.45, 2.75) is 11.8 Å². The Labute approximate surface area is 104 Å². The molecule has 0 bridgehead atoms. The number of rotatable bonds is 3.